The van der Waals surface area contributed by atoms with E-state index in [0.717, 1.165) is 17.9 Å². The zero-order valence-corrected chi connectivity index (χ0v) is 14.6. The molecule has 0 radical (unpaired) electrons. The Labute approximate surface area is 137 Å². The molecular weight excluding hydrogens is 318 g/mol. The third-order valence-electron chi connectivity index (χ3n) is 3.52. The SMILES string of the molecule is CCOC(=O)c1sc2[nH]c(=O)n(CCCN(C)C)c(=O)c2c1C. The molecule has 2 aromatic heterocycles. The number of nitrogens with zero attached hydrogens (tertiary/aromatic N) is 2. The molecule has 0 unspecified atom stereocenters. The smallest absolute Gasteiger partial charge is 0.348 e. The van der Waals surface area contributed by atoms with Gasteiger partial charge in [0.05, 0.1) is 12.0 Å². The summed E-state index contributed by atoms with van der Waals surface area (Å²) in [5, 5.41) is 0.391. The number of carbonyl (C=O) groups is 1. The van der Waals surface area contributed by atoms with Gasteiger partial charge in [-0.15, -0.1) is 11.3 Å². The first-order valence-corrected chi connectivity index (χ1v) is 8.26. The van der Waals surface area contributed by atoms with Crippen LogP contribution in [-0.2, 0) is 11.3 Å². The molecule has 0 aliphatic rings. The van der Waals surface area contributed by atoms with E-state index < -0.39 is 11.7 Å². The molecule has 0 aliphatic carbocycles. The first-order chi connectivity index (χ1) is 10.9. The number of rotatable bonds is 6. The largest absolute Gasteiger partial charge is 0.462 e. The molecule has 0 aromatic carbocycles. The maximum absolute atomic E-state index is 12.6. The Morgan fingerprint density at radius 1 is 1.35 bits per heavy atom. The Bertz CT molecular complexity index is 832. The van der Waals surface area contributed by atoms with Gasteiger partial charge in [-0.25, -0.2) is 9.59 Å². The van der Waals surface area contributed by atoms with Crippen LogP contribution in [0.1, 0.15) is 28.6 Å². The molecule has 8 heteroatoms. The summed E-state index contributed by atoms with van der Waals surface area (Å²) in [4.78, 5) is 42.2. The van der Waals surface area contributed by atoms with E-state index in [9.17, 15) is 14.4 Å². The lowest BCUT2D eigenvalue weighted by Crippen LogP contribution is -2.35. The molecular formula is C15H21N3O4S. The van der Waals surface area contributed by atoms with E-state index in [1.807, 2.05) is 19.0 Å². The second-order valence-corrected chi connectivity index (χ2v) is 6.55. The number of aryl methyl sites for hydroxylation is 1. The number of hydrogen-bond donors (Lipinski definition) is 1. The highest BCUT2D eigenvalue weighted by Crippen LogP contribution is 2.26. The number of carbonyl (C=O) groups excluding carboxylic acids is 1. The summed E-state index contributed by atoms with van der Waals surface area (Å²) in [7, 11) is 3.87. The molecule has 0 saturated carbocycles. The molecule has 126 valence electrons. The maximum atomic E-state index is 12.6. The van der Waals surface area contributed by atoms with Crippen molar-refractivity contribution in [2.45, 2.75) is 26.8 Å². The number of thiophene rings is 1. The average Bonchev–Trinajstić information content (AvgIpc) is 2.79. The predicted molar refractivity (Wildman–Crippen MR) is 90.6 cm³/mol. The van der Waals surface area contributed by atoms with Gasteiger partial charge in [-0.05, 0) is 46.5 Å². The quantitative estimate of drug-likeness (QED) is 0.799. The molecule has 7 nitrogen and oxygen atoms in total. The minimum absolute atomic E-state index is 0.262. The predicted octanol–water partition coefficient (Wildman–Crippen LogP) is 1.19. The standard InChI is InChI=1S/C15H21N3O4S/c1-5-22-14(20)11-9(2)10-12(23-11)16-15(21)18(13(10)19)8-6-7-17(3)4/h5-8H2,1-4H3,(H,16,21). The average molecular weight is 339 g/mol. The van der Waals surface area contributed by atoms with Crippen LogP contribution in [0.3, 0.4) is 0 Å². The van der Waals surface area contributed by atoms with E-state index in [4.69, 9.17) is 4.74 Å². The highest BCUT2D eigenvalue weighted by Gasteiger charge is 2.20. The van der Waals surface area contributed by atoms with Gasteiger partial charge in [-0.2, -0.15) is 0 Å². The second-order valence-electron chi connectivity index (χ2n) is 5.52. The van der Waals surface area contributed by atoms with Gasteiger partial charge in [0.1, 0.15) is 9.71 Å². The molecule has 23 heavy (non-hydrogen) atoms. The maximum Gasteiger partial charge on any atom is 0.348 e. The summed E-state index contributed by atoms with van der Waals surface area (Å²) in [6.07, 6.45) is 0.690. The number of aromatic amines is 1. The van der Waals surface area contributed by atoms with Crippen LogP contribution >= 0.6 is 11.3 Å². The fraction of sp³-hybridized carbons (Fsp3) is 0.533. The lowest BCUT2D eigenvalue weighted by molar-refractivity contribution is 0.0531. The van der Waals surface area contributed by atoms with E-state index in [-0.39, 0.29) is 12.2 Å². The summed E-state index contributed by atoms with van der Waals surface area (Å²) >= 11 is 1.09. The highest BCUT2D eigenvalue weighted by molar-refractivity contribution is 7.20. The molecule has 0 fully saturated rings. The van der Waals surface area contributed by atoms with Gasteiger partial charge in [0.15, 0.2) is 0 Å². The van der Waals surface area contributed by atoms with Gasteiger partial charge < -0.3 is 9.64 Å². The van der Waals surface area contributed by atoms with E-state index in [1.165, 1.54) is 4.57 Å². The monoisotopic (exact) mass is 339 g/mol. The van der Waals surface area contributed by atoms with Crippen molar-refractivity contribution in [2.75, 3.05) is 27.2 Å². The zero-order chi connectivity index (χ0) is 17.1. The lowest BCUT2D eigenvalue weighted by atomic mass is 10.2. The zero-order valence-electron chi connectivity index (χ0n) is 13.8. The molecule has 1 N–H and O–H groups in total. The molecule has 0 atom stereocenters. The topological polar surface area (TPSA) is 84.4 Å². The Kier molecular flexibility index (Phi) is 5.38. The third kappa shape index (κ3) is 3.53. The molecule has 0 aliphatic heterocycles. The Morgan fingerprint density at radius 3 is 2.65 bits per heavy atom. The van der Waals surface area contributed by atoms with Gasteiger partial charge in [0, 0.05) is 6.54 Å². The summed E-state index contributed by atoms with van der Waals surface area (Å²) < 4.78 is 6.19. The number of hydrogen-bond acceptors (Lipinski definition) is 6. The first-order valence-electron chi connectivity index (χ1n) is 7.44. The normalized spacial score (nSPS) is 11.3. The third-order valence-corrected chi connectivity index (χ3v) is 4.71. The number of H-pyrrole nitrogens is 1. The van der Waals surface area contributed by atoms with Crippen molar-refractivity contribution in [3.8, 4) is 0 Å². The van der Waals surface area contributed by atoms with Crippen LogP contribution in [-0.4, -0.2) is 47.7 Å². The van der Waals surface area contributed by atoms with Gasteiger partial charge in [-0.3, -0.25) is 14.3 Å². The van der Waals surface area contributed by atoms with Gasteiger partial charge in [0.25, 0.3) is 5.56 Å². The van der Waals surface area contributed by atoms with Crippen LogP contribution in [0.5, 0.6) is 0 Å². The fourth-order valence-electron chi connectivity index (χ4n) is 2.39. The highest BCUT2D eigenvalue weighted by atomic mass is 32.1. The van der Waals surface area contributed by atoms with Crippen molar-refractivity contribution in [3.63, 3.8) is 0 Å². The molecule has 2 rings (SSSR count). The van der Waals surface area contributed by atoms with Crippen molar-refractivity contribution >= 4 is 27.5 Å². The number of ether oxygens (including phenoxy) is 1. The van der Waals surface area contributed by atoms with E-state index >= 15 is 0 Å². The number of nitrogens with one attached hydrogen (secondary N) is 1. The summed E-state index contributed by atoms with van der Waals surface area (Å²) in [6.45, 7) is 4.81. The van der Waals surface area contributed by atoms with Gasteiger partial charge >= 0.3 is 11.7 Å². The van der Waals surface area contributed by atoms with Crippen LogP contribution in [0.15, 0.2) is 9.59 Å². The summed E-state index contributed by atoms with van der Waals surface area (Å²) in [5.41, 5.74) is -0.240. The van der Waals surface area contributed by atoms with Crippen molar-refractivity contribution in [1.82, 2.24) is 14.5 Å². The Morgan fingerprint density at radius 2 is 2.04 bits per heavy atom. The molecule has 0 spiro atoms. The number of fused-ring (bicyclic) bond motifs is 1. The number of esters is 1. The molecule has 2 heterocycles. The van der Waals surface area contributed by atoms with Crippen LogP contribution in [0, 0.1) is 6.92 Å². The molecule has 0 amide bonds. The first kappa shape index (κ1) is 17.4. The van der Waals surface area contributed by atoms with Crippen molar-refractivity contribution < 1.29 is 9.53 Å². The van der Waals surface area contributed by atoms with Crippen LogP contribution < -0.4 is 11.2 Å². The molecule has 0 bridgehead atoms. The van der Waals surface area contributed by atoms with E-state index in [1.54, 1.807) is 13.8 Å². The minimum atomic E-state index is -0.467. The Balaban J connectivity index is 2.49. The summed E-state index contributed by atoms with van der Waals surface area (Å²) in [5.74, 6) is -0.467. The fourth-order valence-corrected chi connectivity index (χ4v) is 3.47. The number of aromatic nitrogens is 2. The summed E-state index contributed by atoms with van der Waals surface area (Å²) in [6, 6.07) is 0. The molecule has 2 aromatic rings. The lowest BCUT2D eigenvalue weighted by Gasteiger charge is -2.09. The van der Waals surface area contributed by atoms with Gasteiger partial charge in [-0.1, -0.05) is 0 Å². The van der Waals surface area contributed by atoms with Crippen LogP contribution in [0.2, 0.25) is 0 Å². The van der Waals surface area contributed by atoms with Crippen LogP contribution in [0.25, 0.3) is 10.2 Å². The van der Waals surface area contributed by atoms with E-state index in [0.29, 0.717) is 33.6 Å². The Hall–Kier alpha value is -1.93. The van der Waals surface area contributed by atoms with Crippen molar-refractivity contribution in [1.29, 1.82) is 0 Å². The van der Waals surface area contributed by atoms with Crippen molar-refractivity contribution in [3.05, 3.63) is 31.3 Å². The van der Waals surface area contributed by atoms with E-state index in [2.05, 4.69) is 4.98 Å². The van der Waals surface area contributed by atoms with Crippen LogP contribution in [0.4, 0.5) is 0 Å². The second kappa shape index (κ2) is 7.10. The molecule has 0 saturated heterocycles. The van der Waals surface area contributed by atoms with Crippen molar-refractivity contribution in [2.24, 2.45) is 0 Å². The van der Waals surface area contributed by atoms with Gasteiger partial charge in [0.2, 0.25) is 0 Å². The minimum Gasteiger partial charge on any atom is -0.462 e.